The van der Waals surface area contributed by atoms with E-state index in [1.54, 1.807) is 0 Å². The van der Waals surface area contributed by atoms with Gasteiger partial charge in [-0.05, 0) is 49.9 Å². The van der Waals surface area contributed by atoms with E-state index in [9.17, 15) is 0 Å². The predicted molar refractivity (Wildman–Crippen MR) is 88.6 cm³/mol. The molecule has 1 heterocycles. The van der Waals surface area contributed by atoms with Crippen molar-refractivity contribution >= 4 is 0 Å². The van der Waals surface area contributed by atoms with Crippen LogP contribution in [-0.4, -0.2) is 22.1 Å². The highest BCUT2D eigenvalue weighted by molar-refractivity contribution is 5.30. The van der Waals surface area contributed by atoms with Crippen LogP contribution >= 0.6 is 0 Å². The quantitative estimate of drug-likeness (QED) is 0.846. The van der Waals surface area contributed by atoms with E-state index >= 15 is 0 Å². The minimum atomic E-state index is 0.508. The van der Waals surface area contributed by atoms with Gasteiger partial charge in [-0.15, -0.1) is 0 Å². The Labute approximate surface area is 128 Å². The molecule has 1 aromatic carbocycles. The van der Waals surface area contributed by atoms with Gasteiger partial charge in [0, 0.05) is 31.9 Å². The van der Waals surface area contributed by atoms with Crippen LogP contribution in [0.5, 0.6) is 0 Å². The number of likely N-dealkylation sites (N-methyl/N-ethyl adjacent to an activating group) is 1. The summed E-state index contributed by atoms with van der Waals surface area (Å²) in [6.07, 6.45) is 7.11. The Hall–Kier alpha value is -1.61. The summed E-state index contributed by atoms with van der Waals surface area (Å²) < 4.78 is 2.11. The van der Waals surface area contributed by atoms with E-state index < -0.39 is 0 Å². The molecule has 0 bridgehead atoms. The largest absolute Gasteiger partial charge is 0.338 e. The average Bonchev–Trinajstić information content (AvgIpc) is 2.86. The molecule has 0 saturated heterocycles. The SMILES string of the molecule is CCNC(CCc1nccn1C)Cc1ccc(C)c(C)c1. The van der Waals surface area contributed by atoms with E-state index in [0.29, 0.717) is 6.04 Å². The molecular weight excluding hydrogens is 258 g/mol. The highest BCUT2D eigenvalue weighted by atomic mass is 15.0. The highest BCUT2D eigenvalue weighted by Crippen LogP contribution is 2.14. The molecule has 1 aromatic heterocycles. The van der Waals surface area contributed by atoms with Gasteiger partial charge in [0.1, 0.15) is 5.82 Å². The van der Waals surface area contributed by atoms with Crippen LogP contribution in [0.15, 0.2) is 30.6 Å². The molecule has 2 aromatic rings. The lowest BCUT2D eigenvalue weighted by atomic mass is 9.98. The molecule has 0 radical (unpaired) electrons. The number of aryl methyl sites for hydroxylation is 4. The Kier molecular flexibility index (Phi) is 5.57. The first-order valence-corrected chi connectivity index (χ1v) is 7.86. The van der Waals surface area contributed by atoms with Gasteiger partial charge in [-0.25, -0.2) is 4.98 Å². The van der Waals surface area contributed by atoms with Crippen LogP contribution in [0.25, 0.3) is 0 Å². The second kappa shape index (κ2) is 7.41. The first-order valence-electron chi connectivity index (χ1n) is 7.86. The zero-order chi connectivity index (χ0) is 15.2. The summed E-state index contributed by atoms with van der Waals surface area (Å²) in [7, 11) is 2.06. The highest BCUT2D eigenvalue weighted by Gasteiger charge is 2.11. The maximum Gasteiger partial charge on any atom is 0.108 e. The molecule has 0 aliphatic heterocycles. The minimum absolute atomic E-state index is 0.508. The zero-order valence-electron chi connectivity index (χ0n) is 13.7. The number of hydrogen-bond donors (Lipinski definition) is 1. The van der Waals surface area contributed by atoms with Crippen molar-refractivity contribution in [1.29, 1.82) is 0 Å². The molecule has 3 nitrogen and oxygen atoms in total. The molecule has 0 fully saturated rings. The van der Waals surface area contributed by atoms with E-state index in [4.69, 9.17) is 0 Å². The lowest BCUT2D eigenvalue weighted by Crippen LogP contribution is -2.31. The van der Waals surface area contributed by atoms with Crippen molar-refractivity contribution in [1.82, 2.24) is 14.9 Å². The number of hydrogen-bond acceptors (Lipinski definition) is 2. The van der Waals surface area contributed by atoms with Crippen LogP contribution in [0, 0.1) is 13.8 Å². The molecule has 0 spiro atoms. The number of rotatable bonds is 7. The molecule has 0 saturated carbocycles. The number of aromatic nitrogens is 2. The molecule has 21 heavy (non-hydrogen) atoms. The molecule has 0 aliphatic carbocycles. The van der Waals surface area contributed by atoms with Crippen LogP contribution in [0.4, 0.5) is 0 Å². The lowest BCUT2D eigenvalue weighted by Gasteiger charge is -2.18. The maximum atomic E-state index is 4.42. The van der Waals surface area contributed by atoms with Crippen molar-refractivity contribution in [2.24, 2.45) is 7.05 Å². The zero-order valence-corrected chi connectivity index (χ0v) is 13.7. The van der Waals surface area contributed by atoms with E-state index in [0.717, 1.165) is 31.6 Å². The number of benzene rings is 1. The average molecular weight is 285 g/mol. The Bertz CT molecular complexity index is 572. The van der Waals surface area contributed by atoms with Gasteiger partial charge in [0.05, 0.1) is 0 Å². The minimum Gasteiger partial charge on any atom is -0.338 e. The number of nitrogens with zero attached hydrogens (tertiary/aromatic N) is 2. The second-order valence-electron chi connectivity index (χ2n) is 5.87. The van der Waals surface area contributed by atoms with E-state index in [-0.39, 0.29) is 0 Å². The first-order chi connectivity index (χ1) is 10.1. The molecule has 2 rings (SSSR count). The smallest absolute Gasteiger partial charge is 0.108 e. The van der Waals surface area contributed by atoms with Gasteiger partial charge < -0.3 is 9.88 Å². The summed E-state index contributed by atoms with van der Waals surface area (Å²) in [6.45, 7) is 7.54. The monoisotopic (exact) mass is 285 g/mol. The van der Waals surface area contributed by atoms with Crippen molar-refractivity contribution in [3.05, 3.63) is 53.1 Å². The summed E-state index contributed by atoms with van der Waals surface area (Å²) in [4.78, 5) is 4.42. The van der Waals surface area contributed by atoms with Crippen molar-refractivity contribution in [3.63, 3.8) is 0 Å². The van der Waals surface area contributed by atoms with Gasteiger partial charge >= 0.3 is 0 Å². The van der Waals surface area contributed by atoms with Crippen molar-refractivity contribution in [2.75, 3.05) is 6.54 Å². The molecule has 1 N–H and O–H groups in total. The lowest BCUT2D eigenvalue weighted by molar-refractivity contribution is 0.483. The predicted octanol–water partition coefficient (Wildman–Crippen LogP) is 3.19. The molecular formula is C18H27N3. The normalized spacial score (nSPS) is 12.6. The molecule has 114 valence electrons. The van der Waals surface area contributed by atoms with Crippen LogP contribution < -0.4 is 5.32 Å². The first kappa shape index (κ1) is 15.8. The summed E-state index contributed by atoms with van der Waals surface area (Å²) in [5.41, 5.74) is 4.17. The Balaban J connectivity index is 1.98. The number of nitrogens with one attached hydrogen (secondary N) is 1. The van der Waals surface area contributed by atoms with Crippen LogP contribution in [0.2, 0.25) is 0 Å². The third kappa shape index (κ3) is 4.43. The van der Waals surface area contributed by atoms with Gasteiger partial charge in [-0.2, -0.15) is 0 Å². The molecule has 0 aliphatic rings. The van der Waals surface area contributed by atoms with Gasteiger partial charge in [0.25, 0.3) is 0 Å². The molecule has 3 heteroatoms. The molecule has 0 amide bonds. The second-order valence-corrected chi connectivity index (χ2v) is 5.87. The van der Waals surface area contributed by atoms with Gasteiger partial charge in [0.2, 0.25) is 0 Å². The summed E-state index contributed by atoms with van der Waals surface area (Å²) in [6, 6.07) is 7.31. The summed E-state index contributed by atoms with van der Waals surface area (Å²) in [5.74, 6) is 1.16. The molecule has 1 unspecified atom stereocenters. The Morgan fingerprint density at radius 1 is 1.24 bits per heavy atom. The van der Waals surface area contributed by atoms with Crippen LogP contribution in [-0.2, 0) is 19.9 Å². The molecule has 1 atom stereocenters. The fourth-order valence-corrected chi connectivity index (χ4v) is 2.72. The fourth-order valence-electron chi connectivity index (χ4n) is 2.72. The van der Waals surface area contributed by atoms with E-state index in [1.807, 2.05) is 12.4 Å². The topological polar surface area (TPSA) is 29.9 Å². The Morgan fingerprint density at radius 3 is 2.67 bits per heavy atom. The van der Waals surface area contributed by atoms with Gasteiger partial charge in [-0.3, -0.25) is 0 Å². The summed E-state index contributed by atoms with van der Waals surface area (Å²) in [5, 5.41) is 3.61. The fraction of sp³-hybridized carbons (Fsp3) is 0.500. The van der Waals surface area contributed by atoms with Crippen LogP contribution in [0.3, 0.4) is 0 Å². The van der Waals surface area contributed by atoms with Crippen molar-refractivity contribution in [3.8, 4) is 0 Å². The van der Waals surface area contributed by atoms with Crippen molar-refractivity contribution in [2.45, 2.75) is 46.1 Å². The maximum absolute atomic E-state index is 4.42. The van der Waals surface area contributed by atoms with Gasteiger partial charge in [-0.1, -0.05) is 25.1 Å². The van der Waals surface area contributed by atoms with Gasteiger partial charge in [0.15, 0.2) is 0 Å². The standard InChI is InChI=1S/C18H27N3/c1-5-19-17(8-9-18-20-10-11-21(18)4)13-16-7-6-14(2)15(3)12-16/h6-7,10-12,17,19H,5,8-9,13H2,1-4H3. The van der Waals surface area contributed by atoms with Crippen LogP contribution in [0.1, 0.15) is 35.9 Å². The Morgan fingerprint density at radius 2 is 2.05 bits per heavy atom. The number of imidazole rings is 1. The third-order valence-electron chi connectivity index (χ3n) is 4.18. The van der Waals surface area contributed by atoms with Crippen molar-refractivity contribution < 1.29 is 0 Å². The third-order valence-corrected chi connectivity index (χ3v) is 4.18. The van der Waals surface area contributed by atoms with E-state index in [1.165, 1.54) is 16.7 Å². The summed E-state index contributed by atoms with van der Waals surface area (Å²) >= 11 is 0. The van der Waals surface area contributed by atoms with E-state index in [2.05, 4.69) is 60.9 Å².